The number of nitrogens with one attached hydrogen (secondary N) is 1. The molecule has 2 unspecified atom stereocenters. The van der Waals surface area contributed by atoms with E-state index in [4.69, 9.17) is 0 Å². The zero-order valence-electron chi connectivity index (χ0n) is 12.4. The summed E-state index contributed by atoms with van der Waals surface area (Å²) >= 11 is 0. The summed E-state index contributed by atoms with van der Waals surface area (Å²) in [5, 5.41) is 3.74. The Hall–Kier alpha value is -1.94. The van der Waals surface area contributed by atoms with E-state index in [0.29, 0.717) is 12.1 Å². The number of aromatic nitrogens is 2. The first kappa shape index (κ1) is 14.0. The molecule has 1 N–H and O–H groups in total. The quantitative estimate of drug-likeness (QED) is 0.936. The molecule has 2 aromatic rings. The van der Waals surface area contributed by atoms with Crippen molar-refractivity contribution in [1.82, 2.24) is 15.3 Å². The van der Waals surface area contributed by atoms with Gasteiger partial charge in [-0.1, -0.05) is 30.3 Å². The molecule has 110 valence electrons. The third-order valence-corrected chi connectivity index (χ3v) is 4.04. The highest BCUT2D eigenvalue weighted by Gasteiger charge is 2.22. The van der Waals surface area contributed by atoms with E-state index in [1.54, 1.807) is 0 Å². The number of hydrogen-bond donors (Lipinski definition) is 1. The molecule has 1 saturated heterocycles. The Morgan fingerprint density at radius 2 is 1.90 bits per heavy atom. The van der Waals surface area contributed by atoms with Gasteiger partial charge in [0.25, 0.3) is 0 Å². The molecule has 4 heteroatoms. The Balaban J connectivity index is 1.61. The fraction of sp³-hybridized carbons (Fsp3) is 0.412. The van der Waals surface area contributed by atoms with Crippen LogP contribution in [-0.4, -0.2) is 29.1 Å². The molecular formula is C17H22N4. The predicted molar refractivity (Wildman–Crippen MR) is 85.3 cm³/mol. The lowest BCUT2D eigenvalue weighted by atomic mass is 10.0. The maximum atomic E-state index is 4.36. The maximum Gasteiger partial charge on any atom is 0.225 e. The molecule has 3 rings (SSSR count). The van der Waals surface area contributed by atoms with Gasteiger partial charge < -0.3 is 10.2 Å². The smallest absolute Gasteiger partial charge is 0.225 e. The number of hydrogen-bond acceptors (Lipinski definition) is 4. The second kappa shape index (κ2) is 6.68. The molecular weight excluding hydrogens is 260 g/mol. The molecule has 2 heterocycles. The summed E-state index contributed by atoms with van der Waals surface area (Å²) in [6.07, 6.45) is 6.01. The van der Waals surface area contributed by atoms with Gasteiger partial charge in [-0.05, 0) is 31.4 Å². The monoisotopic (exact) mass is 282 g/mol. The van der Waals surface area contributed by atoms with E-state index in [1.165, 1.54) is 18.4 Å². The van der Waals surface area contributed by atoms with E-state index >= 15 is 0 Å². The number of piperidine rings is 1. The number of anilines is 1. The van der Waals surface area contributed by atoms with Crippen LogP contribution in [0.25, 0.3) is 0 Å². The molecule has 1 fully saturated rings. The fourth-order valence-corrected chi connectivity index (χ4v) is 2.94. The minimum atomic E-state index is 0.368. The first-order valence-corrected chi connectivity index (χ1v) is 7.66. The Morgan fingerprint density at radius 3 is 2.67 bits per heavy atom. The largest absolute Gasteiger partial charge is 0.339 e. The number of rotatable bonds is 4. The van der Waals surface area contributed by atoms with Crippen LogP contribution >= 0.6 is 0 Å². The molecule has 0 aliphatic carbocycles. The topological polar surface area (TPSA) is 41.0 Å². The molecule has 21 heavy (non-hydrogen) atoms. The first-order valence-electron chi connectivity index (χ1n) is 7.66. The van der Waals surface area contributed by atoms with Crippen molar-refractivity contribution in [2.75, 3.05) is 18.0 Å². The van der Waals surface area contributed by atoms with E-state index in [-0.39, 0.29) is 0 Å². The summed E-state index contributed by atoms with van der Waals surface area (Å²) in [5.74, 6) is 0.844. The SMILES string of the molecule is CC(NC1CCCN(c2ncccn2)C1)c1ccccc1. The van der Waals surface area contributed by atoms with Gasteiger partial charge in [0.15, 0.2) is 0 Å². The minimum Gasteiger partial charge on any atom is -0.339 e. The van der Waals surface area contributed by atoms with Crippen molar-refractivity contribution in [3.8, 4) is 0 Å². The average Bonchev–Trinajstić information content (AvgIpc) is 2.57. The standard InChI is InChI=1S/C17H22N4/c1-14(15-7-3-2-4-8-15)20-16-9-5-12-21(13-16)17-18-10-6-11-19-17/h2-4,6-8,10-11,14,16,20H,5,9,12-13H2,1H3. The van der Waals surface area contributed by atoms with Gasteiger partial charge in [0.05, 0.1) is 0 Å². The number of benzene rings is 1. The van der Waals surface area contributed by atoms with Gasteiger partial charge in [-0.25, -0.2) is 9.97 Å². The molecule has 1 aliphatic rings. The van der Waals surface area contributed by atoms with Crippen LogP contribution in [0, 0.1) is 0 Å². The van der Waals surface area contributed by atoms with E-state index in [2.05, 4.69) is 57.4 Å². The molecule has 4 nitrogen and oxygen atoms in total. The summed E-state index contributed by atoms with van der Waals surface area (Å²) in [6, 6.07) is 13.3. The van der Waals surface area contributed by atoms with Gasteiger partial charge in [-0.2, -0.15) is 0 Å². The van der Waals surface area contributed by atoms with Crippen LogP contribution in [-0.2, 0) is 0 Å². The fourth-order valence-electron chi connectivity index (χ4n) is 2.94. The minimum absolute atomic E-state index is 0.368. The van der Waals surface area contributed by atoms with Gasteiger partial charge in [0.2, 0.25) is 5.95 Å². The van der Waals surface area contributed by atoms with Gasteiger partial charge in [0.1, 0.15) is 0 Å². The van der Waals surface area contributed by atoms with Gasteiger partial charge >= 0.3 is 0 Å². The van der Waals surface area contributed by atoms with Crippen LogP contribution in [0.1, 0.15) is 31.4 Å². The lowest BCUT2D eigenvalue weighted by Crippen LogP contribution is -2.47. The van der Waals surface area contributed by atoms with Crippen molar-refractivity contribution >= 4 is 5.95 Å². The summed E-state index contributed by atoms with van der Waals surface area (Å²) in [6.45, 7) is 4.25. The molecule has 0 amide bonds. The molecule has 0 radical (unpaired) electrons. The lowest BCUT2D eigenvalue weighted by molar-refractivity contribution is 0.386. The zero-order chi connectivity index (χ0) is 14.5. The van der Waals surface area contributed by atoms with Crippen molar-refractivity contribution in [2.45, 2.75) is 31.8 Å². The van der Waals surface area contributed by atoms with Crippen LogP contribution in [0.2, 0.25) is 0 Å². The highest BCUT2D eigenvalue weighted by atomic mass is 15.3. The van der Waals surface area contributed by atoms with Gasteiger partial charge in [-0.3, -0.25) is 0 Å². The highest BCUT2D eigenvalue weighted by Crippen LogP contribution is 2.19. The third kappa shape index (κ3) is 3.58. The molecule has 1 aromatic heterocycles. The van der Waals surface area contributed by atoms with E-state index < -0.39 is 0 Å². The lowest BCUT2D eigenvalue weighted by Gasteiger charge is -2.34. The van der Waals surface area contributed by atoms with Crippen LogP contribution < -0.4 is 10.2 Å². The van der Waals surface area contributed by atoms with Crippen LogP contribution in [0.3, 0.4) is 0 Å². The summed E-state index contributed by atoms with van der Waals surface area (Å²) in [7, 11) is 0. The summed E-state index contributed by atoms with van der Waals surface area (Å²) < 4.78 is 0. The molecule has 1 aromatic carbocycles. The summed E-state index contributed by atoms with van der Waals surface area (Å²) in [4.78, 5) is 11.0. The Morgan fingerprint density at radius 1 is 1.14 bits per heavy atom. The third-order valence-electron chi connectivity index (χ3n) is 4.04. The first-order chi connectivity index (χ1) is 10.3. The summed E-state index contributed by atoms with van der Waals surface area (Å²) in [5.41, 5.74) is 1.34. The van der Waals surface area contributed by atoms with Crippen molar-refractivity contribution in [2.24, 2.45) is 0 Å². The molecule has 0 bridgehead atoms. The van der Waals surface area contributed by atoms with Gasteiger partial charge in [-0.15, -0.1) is 0 Å². The van der Waals surface area contributed by atoms with Crippen LogP contribution in [0.15, 0.2) is 48.8 Å². The van der Waals surface area contributed by atoms with Crippen LogP contribution in [0.5, 0.6) is 0 Å². The highest BCUT2D eigenvalue weighted by molar-refractivity contribution is 5.29. The molecule has 0 spiro atoms. The Labute approximate surface area is 126 Å². The van der Waals surface area contributed by atoms with E-state index in [1.807, 2.05) is 18.5 Å². The van der Waals surface area contributed by atoms with Crippen molar-refractivity contribution in [3.05, 3.63) is 54.4 Å². The maximum absolute atomic E-state index is 4.36. The zero-order valence-corrected chi connectivity index (χ0v) is 12.4. The predicted octanol–water partition coefficient (Wildman–Crippen LogP) is 2.80. The second-order valence-corrected chi connectivity index (χ2v) is 5.63. The van der Waals surface area contributed by atoms with Crippen molar-refractivity contribution in [3.63, 3.8) is 0 Å². The van der Waals surface area contributed by atoms with E-state index in [0.717, 1.165) is 19.0 Å². The van der Waals surface area contributed by atoms with Crippen molar-refractivity contribution < 1.29 is 0 Å². The number of nitrogens with zero attached hydrogens (tertiary/aromatic N) is 3. The molecule has 2 atom stereocenters. The Kier molecular flexibility index (Phi) is 4.46. The second-order valence-electron chi connectivity index (χ2n) is 5.63. The van der Waals surface area contributed by atoms with Crippen LogP contribution in [0.4, 0.5) is 5.95 Å². The van der Waals surface area contributed by atoms with Gasteiger partial charge in [0, 0.05) is 37.6 Å². The van der Waals surface area contributed by atoms with Crippen molar-refractivity contribution in [1.29, 1.82) is 0 Å². The molecule has 1 aliphatic heterocycles. The average molecular weight is 282 g/mol. The van der Waals surface area contributed by atoms with E-state index in [9.17, 15) is 0 Å². The Bertz CT molecular complexity index is 541. The molecule has 0 saturated carbocycles. The normalized spacial score (nSPS) is 20.2.